The molecule has 0 aliphatic carbocycles. The zero-order valence-corrected chi connectivity index (χ0v) is 18.5. The summed E-state index contributed by atoms with van der Waals surface area (Å²) in [6.07, 6.45) is 3.99. The minimum atomic E-state index is 0.250. The Bertz CT molecular complexity index is 987. The maximum atomic E-state index is 6.11. The number of hydrogen-bond acceptors (Lipinski definition) is 4. The molecule has 32 heavy (non-hydrogen) atoms. The molecule has 1 fully saturated rings. The summed E-state index contributed by atoms with van der Waals surface area (Å²) in [7, 11) is 1.83. The van der Waals surface area contributed by atoms with Gasteiger partial charge in [0.1, 0.15) is 24.2 Å². The van der Waals surface area contributed by atoms with Crippen LogP contribution in [0.25, 0.3) is 0 Å². The first-order chi connectivity index (χ1) is 15.8. The fraction of sp³-hybridized carbons (Fsp3) is 0.308. The molecule has 0 radical (unpaired) electrons. The van der Waals surface area contributed by atoms with Gasteiger partial charge in [-0.15, -0.1) is 0 Å². The zero-order chi connectivity index (χ0) is 22.0. The molecule has 0 saturated carbocycles. The van der Waals surface area contributed by atoms with Gasteiger partial charge >= 0.3 is 0 Å². The zero-order valence-electron chi connectivity index (χ0n) is 18.5. The maximum Gasteiger partial charge on any atom is 0.193 e. The van der Waals surface area contributed by atoms with E-state index in [1.165, 1.54) is 0 Å². The summed E-state index contributed by atoms with van der Waals surface area (Å²) in [5, 5.41) is 3.49. The van der Waals surface area contributed by atoms with Crippen LogP contribution >= 0.6 is 0 Å². The SMILES string of the molecule is CN=C(NCc1cccc(OCc2ccccn2)c1)N1CCC(Oc2ccccc2)CC1. The van der Waals surface area contributed by atoms with E-state index < -0.39 is 0 Å². The van der Waals surface area contributed by atoms with Crippen LogP contribution in [0, 0.1) is 0 Å². The number of hydrogen-bond donors (Lipinski definition) is 1. The van der Waals surface area contributed by atoms with Gasteiger partial charge in [0.05, 0.1) is 5.69 Å². The van der Waals surface area contributed by atoms with Gasteiger partial charge < -0.3 is 19.7 Å². The quantitative estimate of drug-likeness (QED) is 0.448. The summed E-state index contributed by atoms with van der Waals surface area (Å²) >= 11 is 0. The first kappa shape index (κ1) is 21.7. The van der Waals surface area contributed by atoms with E-state index in [0.717, 1.165) is 54.6 Å². The number of para-hydroxylation sites is 1. The number of aliphatic imine (C=N–C) groups is 1. The Kier molecular flexibility index (Phi) is 7.58. The number of rotatable bonds is 7. The maximum absolute atomic E-state index is 6.11. The smallest absolute Gasteiger partial charge is 0.193 e. The standard InChI is InChI=1S/C26H30N4O2/c1-27-26(30-16-13-24(14-17-30)32-23-10-3-2-4-11-23)29-19-21-8-7-12-25(18-21)31-20-22-9-5-6-15-28-22/h2-12,15,18,24H,13-14,16-17,19-20H2,1H3,(H,27,29). The third-order valence-corrected chi connectivity index (χ3v) is 5.46. The molecule has 166 valence electrons. The molecule has 0 spiro atoms. The van der Waals surface area contributed by atoms with Crippen molar-refractivity contribution < 1.29 is 9.47 Å². The second-order valence-electron chi connectivity index (χ2n) is 7.78. The molecule has 1 aliphatic rings. The summed E-state index contributed by atoms with van der Waals surface area (Å²) in [6.45, 7) is 2.99. The molecule has 1 N–H and O–H groups in total. The number of pyridine rings is 1. The lowest BCUT2D eigenvalue weighted by molar-refractivity contribution is 0.129. The Hall–Kier alpha value is -3.54. The summed E-state index contributed by atoms with van der Waals surface area (Å²) in [4.78, 5) is 11.1. The number of piperidine rings is 1. The second kappa shape index (κ2) is 11.2. The highest BCUT2D eigenvalue weighted by atomic mass is 16.5. The molecule has 6 nitrogen and oxygen atoms in total. The van der Waals surface area contributed by atoms with Gasteiger partial charge in [-0.3, -0.25) is 9.98 Å². The van der Waals surface area contributed by atoms with Crippen molar-refractivity contribution in [1.29, 1.82) is 0 Å². The third-order valence-electron chi connectivity index (χ3n) is 5.46. The first-order valence-electron chi connectivity index (χ1n) is 11.1. The average molecular weight is 431 g/mol. The van der Waals surface area contributed by atoms with E-state index >= 15 is 0 Å². The van der Waals surface area contributed by atoms with E-state index in [2.05, 4.69) is 32.3 Å². The summed E-state index contributed by atoms with van der Waals surface area (Å²) in [5.74, 6) is 2.70. The Balaban J connectivity index is 1.25. The number of guanidine groups is 1. The topological polar surface area (TPSA) is 59.0 Å². The van der Waals surface area contributed by atoms with Gasteiger partial charge in [0, 0.05) is 45.7 Å². The van der Waals surface area contributed by atoms with Crippen LogP contribution < -0.4 is 14.8 Å². The highest BCUT2D eigenvalue weighted by Gasteiger charge is 2.22. The number of nitrogens with one attached hydrogen (secondary N) is 1. The molecule has 0 atom stereocenters. The minimum absolute atomic E-state index is 0.250. The molecule has 1 saturated heterocycles. The van der Waals surface area contributed by atoms with Crippen molar-refractivity contribution in [3.63, 3.8) is 0 Å². The second-order valence-corrected chi connectivity index (χ2v) is 7.78. The highest BCUT2D eigenvalue weighted by Crippen LogP contribution is 2.19. The minimum Gasteiger partial charge on any atom is -0.490 e. The molecule has 0 unspecified atom stereocenters. The van der Waals surface area contributed by atoms with E-state index in [4.69, 9.17) is 9.47 Å². The van der Waals surface area contributed by atoms with E-state index in [0.29, 0.717) is 13.2 Å². The molecule has 2 aromatic carbocycles. The van der Waals surface area contributed by atoms with Crippen LogP contribution in [0.1, 0.15) is 24.1 Å². The van der Waals surface area contributed by atoms with Crippen molar-refractivity contribution >= 4 is 5.96 Å². The van der Waals surface area contributed by atoms with Gasteiger partial charge in [-0.1, -0.05) is 36.4 Å². The average Bonchev–Trinajstić information content (AvgIpc) is 2.86. The van der Waals surface area contributed by atoms with Gasteiger partial charge in [-0.2, -0.15) is 0 Å². The Morgan fingerprint density at radius 2 is 1.78 bits per heavy atom. The predicted octanol–water partition coefficient (Wildman–Crippen LogP) is 4.28. The number of benzene rings is 2. The molecule has 1 aromatic heterocycles. The summed E-state index contributed by atoms with van der Waals surface area (Å²) in [6, 6.07) is 24.0. The van der Waals surface area contributed by atoms with E-state index in [-0.39, 0.29) is 6.10 Å². The van der Waals surface area contributed by atoms with Crippen LogP contribution in [-0.2, 0) is 13.2 Å². The predicted molar refractivity (Wildman–Crippen MR) is 127 cm³/mol. The van der Waals surface area contributed by atoms with Crippen molar-refractivity contribution in [3.05, 3.63) is 90.3 Å². The van der Waals surface area contributed by atoms with Crippen molar-refractivity contribution in [3.8, 4) is 11.5 Å². The van der Waals surface area contributed by atoms with Crippen LogP contribution in [0.15, 0.2) is 84.0 Å². The molecule has 6 heteroatoms. The molecular formula is C26H30N4O2. The van der Waals surface area contributed by atoms with Gasteiger partial charge in [-0.25, -0.2) is 0 Å². The van der Waals surface area contributed by atoms with Crippen LogP contribution in [0.4, 0.5) is 0 Å². The molecule has 1 aliphatic heterocycles. The van der Waals surface area contributed by atoms with E-state index in [9.17, 15) is 0 Å². The van der Waals surface area contributed by atoms with E-state index in [1.807, 2.05) is 67.7 Å². The van der Waals surface area contributed by atoms with E-state index in [1.54, 1.807) is 6.20 Å². The Morgan fingerprint density at radius 1 is 1.00 bits per heavy atom. The van der Waals surface area contributed by atoms with Gasteiger partial charge in [0.25, 0.3) is 0 Å². The molecular weight excluding hydrogens is 400 g/mol. The molecule has 0 amide bonds. The summed E-state index contributed by atoms with van der Waals surface area (Å²) in [5.41, 5.74) is 2.06. The summed E-state index contributed by atoms with van der Waals surface area (Å²) < 4.78 is 12.0. The monoisotopic (exact) mass is 430 g/mol. The molecule has 2 heterocycles. The highest BCUT2D eigenvalue weighted by molar-refractivity contribution is 5.80. The first-order valence-corrected chi connectivity index (χ1v) is 11.1. The molecule has 4 rings (SSSR count). The molecule has 0 bridgehead atoms. The number of ether oxygens (including phenoxy) is 2. The van der Waals surface area contributed by atoms with Crippen LogP contribution in [0.5, 0.6) is 11.5 Å². The largest absolute Gasteiger partial charge is 0.490 e. The Morgan fingerprint density at radius 3 is 2.53 bits per heavy atom. The lowest BCUT2D eigenvalue weighted by atomic mass is 10.1. The van der Waals surface area contributed by atoms with Gasteiger partial charge in [-0.05, 0) is 42.0 Å². The molecule has 3 aromatic rings. The van der Waals surface area contributed by atoms with Gasteiger partial charge in [0.15, 0.2) is 5.96 Å². The Labute approximate surface area is 189 Å². The third kappa shape index (κ3) is 6.23. The fourth-order valence-corrected chi connectivity index (χ4v) is 3.78. The number of aromatic nitrogens is 1. The lowest BCUT2D eigenvalue weighted by Crippen LogP contribution is -2.47. The van der Waals surface area contributed by atoms with Crippen LogP contribution in [0.2, 0.25) is 0 Å². The van der Waals surface area contributed by atoms with Gasteiger partial charge in [0.2, 0.25) is 0 Å². The fourth-order valence-electron chi connectivity index (χ4n) is 3.78. The van der Waals surface area contributed by atoms with Crippen molar-refractivity contribution in [2.45, 2.75) is 32.1 Å². The van der Waals surface area contributed by atoms with Crippen LogP contribution in [0.3, 0.4) is 0 Å². The number of likely N-dealkylation sites (tertiary alicyclic amines) is 1. The van der Waals surface area contributed by atoms with Crippen LogP contribution in [-0.4, -0.2) is 42.1 Å². The normalized spacial score (nSPS) is 14.8. The van der Waals surface area contributed by atoms with Crippen molar-refractivity contribution in [2.24, 2.45) is 4.99 Å². The lowest BCUT2D eigenvalue weighted by Gasteiger charge is -2.34. The van der Waals surface area contributed by atoms with Crippen molar-refractivity contribution in [1.82, 2.24) is 15.2 Å². The number of nitrogens with zero attached hydrogens (tertiary/aromatic N) is 3. The van der Waals surface area contributed by atoms with Crippen molar-refractivity contribution in [2.75, 3.05) is 20.1 Å².